The van der Waals surface area contributed by atoms with Gasteiger partial charge in [-0.05, 0) is 25.3 Å². The van der Waals surface area contributed by atoms with E-state index in [1.807, 2.05) is 35.2 Å². The van der Waals surface area contributed by atoms with Crippen LogP contribution in [0.1, 0.15) is 25.3 Å². The molecule has 2 fully saturated rings. The van der Waals surface area contributed by atoms with Gasteiger partial charge in [0.15, 0.2) is 0 Å². The van der Waals surface area contributed by atoms with Crippen LogP contribution in [0.5, 0.6) is 0 Å². The van der Waals surface area contributed by atoms with Gasteiger partial charge < -0.3 is 4.90 Å². The predicted octanol–water partition coefficient (Wildman–Crippen LogP) is 2.41. The molecule has 0 unspecified atom stereocenters. The molecule has 0 N–H and O–H groups in total. The Bertz CT molecular complexity index is 435. The van der Waals surface area contributed by atoms with Gasteiger partial charge >= 0.3 is 6.03 Å². The zero-order valence-corrected chi connectivity index (χ0v) is 10.6. The van der Waals surface area contributed by atoms with Crippen LogP contribution in [0.2, 0.25) is 0 Å². The second-order valence-corrected chi connectivity index (χ2v) is 5.10. The standard InChI is InChI=1S/C14H18N2O2/c1-11-7-8-13-9-15(11)14(17)16(13)18-10-12-5-3-2-4-6-12/h2-6,11,13H,7-10H2,1H3/t11-,13+/m0/s1. The molecule has 2 bridgehead atoms. The third kappa shape index (κ3) is 1.97. The Morgan fingerprint density at radius 1 is 1.28 bits per heavy atom. The van der Waals surface area contributed by atoms with Crippen molar-refractivity contribution >= 4 is 6.03 Å². The van der Waals surface area contributed by atoms with E-state index >= 15 is 0 Å². The predicted molar refractivity (Wildman–Crippen MR) is 67.7 cm³/mol. The molecule has 1 aromatic carbocycles. The molecule has 2 aliphatic heterocycles. The van der Waals surface area contributed by atoms with Crippen LogP contribution in [-0.4, -0.2) is 34.6 Å². The van der Waals surface area contributed by atoms with Gasteiger partial charge in [0.05, 0.1) is 6.04 Å². The Balaban J connectivity index is 1.65. The molecule has 2 heterocycles. The van der Waals surface area contributed by atoms with Crippen LogP contribution in [0.4, 0.5) is 4.79 Å². The molecule has 18 heavy (non-hydrogen) atoms. The molecule has 0 radical (unpaired) electrons. The van der Waals surface area contributed by atoms with Gasteiger partial charge in [-0.1, -0.05) is 30.3 Å². The van der Waals surface area contributed by atoms with Crippen LogP contribution in [0.3, 0.4) is 0 Å². The van der Waals surface area contributed by atoms with Crippen molar-refractivity contribution in [3.05, 3.63) is 35.9 Å². The number of piperidine rings is 1. The Morgan fingerprint density at radius 2 is 2.06 bits per heavy atom. The van der Waals surface area contributed by atoms with Crippen molar-refractivity contribution in [2.75, 3.05) is 6.54 Å². The topological polar surface area (TPSA) is 32.8 Å². The number of hydroxylamine groups is 2. The highest BCUT2D eigenvalue weighted by atomic mass is 16.7. The summed E-state index contributed by atoms with van der Waals surface area (Å²) in [5.74, 6) is 0. The number of hydrogen-bond donors (Lipinski definition) is 0. The molecule has 2 saturated heterocycles. The summed E-state index contributed by atoms with van der Waals surface area (Å²) in [6.45, 7) is 3.38. The summed E-state index contributed by atoms with van der Waals surface area (Å²) < 4.78 is 0. The SMILES string of the molecule is C[C@H]1CC[C@@H]2CN1C(=O)N2OCc1ccccc1. The maximum absolute atomic E-state index is 12.1. The van der Waals surface area contributed by atoms with Gasteiger partial charge in [0.2, 0.25) is 0 Å². The summed E-state index contributed by atoms with van der Waals surface area (Å²) in [4.78, 5) is 19.8. The smallest absolute Gasteiger partial charge is 0.318 e. The van der Waals surface area contributed by atoms with Crippen LogP contribution in [0.15, 0.2) is 30.3 Å². The molecule has 0 aliphatic carbocycles. The number of carbonyl (C=O) groups is 1. The maximum atomic E-state index is 12.1. The summed E-state index contributed by atoms with van der Waals surface area (Å²) in [6, 6.07) is 10.6. The first-order chi connectivity index (χ1) is 8.75. The minimum Gasteiger partial charge on any atom is -0.318 e. The fraction of sp³-hybridized carbons (Fsp3) is 0.500. The molecule has 3 rings (SSSR count). The van der Waals surface area contributed by atoms with E-state index in [-0.39, 0.29) is 12.1 Å². The van der Waals surface area contributed by atoms with E-state index in [9.17, 15) is 4.79 Å². The van der Waals surface area contributed by atoms with Crippen molar-refractivity contribution in [3.8, 4) is 0 Å². The third-order valence-corrected chi connectivity index (χ3v) is 3.84. The summed E-state index contributed by atoms with van der Waals surface area (Å²) in [5, 5.41) is 1.58. The van der Waals surface area contributed by atoms with Crippen LogP contribution in [0.25, 0.3) is 0 Å². The van der Waals surface area contributed by atoms with Crippen LogP contribution < -0.4 is 0 Å². The molecule has 4 nitrogen and oxygen atoms in total. The van der Waals surface area contributed by atoms with E-state index in [0.717, 1.165) is 24.9 Å². The lowest BCUT2D eigenvalue weighted by Gasteiger charge is -2.27. The van der Waals surface area contributed by atoms with Crippen molar-refractivity contribution in [1.82, 2.24) is 9.96 Å². The Morgan fingerprint density at radius 3 is 2.78 bits per heavy atom. The first-order valence-electron chi connectivity index (χ1n) is 6.52. The van der Waals surface area contributed by atoms with E-state index in [1.165, 1.54) is 0 Å². The third-order valence-electron chi connectivity index (χ3n) is 3.84. The second kappa shape index (κ2) is 4.61. The van der Waals surface area contributed by atoms with Crippen LogP contribution in [0, 0.1) is 0 Å². The van der Waals surface area contributed by atoms with Crippen LogP contribution >= 0.6 is 0 Å². The Kier molecular flexibility index (Phi) is 2.96. The molecule has 4 heteroatoms. The average molecular weight is 246 g/mol. The number of urea groups is 1. The molecule has 0 aromatic heterocycles. The zero-order chi connectivity index (χ0) is 12.5. The van der Waals surface area contributed by atoms with Crippen molar-refractivity contribution < 1.29 is 9.63 Å². The highest BCUT2D eigenvalue weighted by Crippen LogP contribution is 2.29. The fourth-order valence-corrected chi connectivity index (χ4v) is 2.71. The van der Waals surface area contributed by atoms with Gasteiger partial charge in [0, 0.05) is 12.6 Å². The number of rotatable bonds is 3. The monoisotopic (exact) mass is 246 g/mol. The first kappa shape index (κ1) is 11.5. The number of carbonyl (C=O) groups excluding carboxylic acids is 1. The number of fused-ring (bicyclic) bond motifs is 2. The second-order valence-electron chi connectivity index (χ2n) is 5.10. The summed E-state index contributed by atoms with van der Waals surface area (Å²) in [6.07, 6.45) is 2.11. The van der Waals surface area contributed by atoms with Crippen molar-refractivity contribution in [3.63, 3.8) is 0 Å². The van der Waals surface area contributed by atoms with Gasteiger partial charge in [0.1, 0.15) is 6.61 Å². The van der Waals surface area contributed by atoms with Gasteiger partial charge in [-0.3, -0.25) is 4.84 Å². The van der Waals surface area contributed by atoms with Crippen molar-refractivity contribution in [2.24, 2.45) is 0 Å². The molecule has 0 spiro atoms. The van der Waals surface area contributed by atoms with Gasteiger partial charge in [0.25, 0.3) is 0 Å². The Hall–Kier alpha value is -1.55. The normalized spacial score (nSPS) is 26.8. The summed E-state index contributed by atoms with van der Waals surface area (Å²) >= 11 is 0. The van der Waals surface area contributed by atoms with Crippen molar-refractivity contribution in [2.45, 2.75) is 38.5 Å². The molecular formula is C14H18N2O2. The molecule has 2 atom stereocenters. The molecule has 96 valence electrons. The number of nitrogens with zero attached hydrogens (tertiary/aromatic N) is 2. The van der Waals surface area contributed by atoms with Crippen molar-refractivity contribution in [1.29, 1.82) is 0 Å². The molecule has 2 aliphatic rings. The van der Waals surface area contributed by atoms with E-state index in [0.29, 0.717) is 12.6 Å². The molecular weight excluding hydrogens is 228 g/mol. The number of amides is 2. The van der Waals surface area contributed by atoms with E-state index < -0.39 is 0 Å². The fourth-order valence-electron chi connectivity index (χ4n) is 2.71. The average Bonchev–Trinajstić information content (AvgIpc) is 2.67. The number of hydrogen-bond acceptors (Lipinski definition) is 2. The Labute approximate surface area is 107 Å². The summed E-state index contributed by atoms with van der Waals surface area (Å²) in [5.41, 5.74) is 1.09. The maximum Gasteiger partial charge on any atom is 0.344 e. The van der Waals surface area contributed by atoms with E-state index in [1.54, 1.807) is 5.06 Å². The van der Waals surface area contributed by atoms with E-state index in [4.69, 9.17) is 4.84 Å². The molecule has 1 aromatic rings. The lowest BCUT2D eigenvalue weighted by atomic mass is 10.0. The summed E-state index contributed by atoms with van der Waals surface area (Å²) in [7, 11) is 0. The minimum atomic E-state index is 0.0286. The minimum absolute atomic E-state index is 0.0286. The first-order valence-corrected chi connectivity index (χ1v) is 6.52. The lowest BCUT2D eigenvalue weighted by Crippen LogP contribution is -2.37. The van der Waals surface area contributed by atoms with Gasteiger partial charge in [-0.25, -0.2) is 4.79 Å². The quantitative estimate of drug-likeness (QED) is 0.820. The largest absolute Gasteiger partial charge is 0.344 e. The van der Waals surface area contributed by atoms with Gasteiger partial charge in [-0.15, -0.1) is 0 Å². The highest BCUT2D eigenvalue weighted by molar-refractivity contribution is 5.76. The number of benzene rings is 1. The molecule has 0 saturated carbocycles. The highest BCUT2D eigenvalue weighted by Gasteiger charge is 2.43. The lowest BCUT2D eigenvalue weighted by molar-refractivity contribution is -0.140. The van der Waals surface area contributed by atoms with Crippen LogP contribution in [-0.2, 0) is 11.4 Å². The zero-order valence-electron chi connectivity index (χ0n) is 10.6. The van der Waals surface area contributed by atoms with Gasteiger partial charge in [-0.2, -0.15) is 5.06 Å². The van der Waals surface area contributed by atoms with E-state index in [2.05, 4.69) is 6.92 Å². The molecule has 2 amide bonds.